The van der Waals surface area contributed by atoms with E-state index in [1.54, 1.807) is 36.5 Å². The molecule has 0 fully saturated rings. The topological polar surface area (TPSA) is 101 Å². The summed E-state index contributed by atoms with van der Waals surface area (Å²) < 4.78 is 32.4. The molecule has 8 nitrogen and oxygen atoms in total. The standard InChI is InChI=1S/C19H18N4O4S2/c1-27-13-5-7-14(8-6-13)29(25,26)23-11-9-15-17(12-23)28-19(21-15)22-18(24)16-4-2-3-10-20-16/h2-8,10H,9,11-12H2,1H3,(H,21,22,24). The van der Waals surface area contributed by atoms with Gasteiger partial charge in [-0.3, -0.25) is 15.1 Å². The van der Waals surface area contributed by atoms with Crippen molar-refractivity contribution in [1.82, 2.24) is 14.3 Å². The Hall–Kier alpha value is -2.82. The number of sulfonamides is 1. The SMILES string of the molecule is COc1ccc(S(=O)(=O)N2CCc3nc(NC(=O)c4ccccn4)sc3C2)cc1. The number of nitrogens with one attached hydrogen (secondary N) is 1. The molecule has 0 radical (unpaired) electrons. The number of benzene rings is 1. The molecule has 3 aromatic rings. The minimum atomic E-state index is -3.63. The molecule has 1 aliphatic heterocycles. The molecule has 1 N–H and O–H groups in total. The van der Waals surface area contributed by atoms with Crippen LogP contribution in [-0.4, -0.2) is 42.3 Å². The third-order valence-corrected chi connectivity index (χ3v) is 7.37. The maximum Gasteiger partial charge on any atom is 0.276 e. The molecule has 0 saturated carbocycles. The van der Waals surface area contributed by atoms with E-state index in [1.807, 2.05) is 0 Å². The highest BCUT2D eigenvalue weighted by Gasteiger charge is 2.30. The molecular formula is C19H18N4O4S2. The molecule has 1 aliphatic rings. The molecule has 0 bridgehead atoms. The van der Waals surface area contributed by atoms with Crippen LogP contribution in [0, 0.1) is 0 Å². The van der Waals surface area contributed by atoms with Gasteiger partial charge in [0.15, 0.2) is 5.13 Å². The monoisotopic (exact) mass is 430 g/mol. The van der Waals surface area contributed by atoms with E-state index in [4.69, 9.17) is 4.74 Å². The van der Waals surface area contributed by atoms with Gasteiger partial charge in [0, 0.05) is 24.0 Å². The fourth-order valence-electron chi connectivity index (χ4n) is 2.99. The molecule has 29 heavy (non-hydrogen) atoms. The molecule has 4 rings (SSSR count). The molecular weight excluding hydrogens is 412 g/mol. The molecule has 0 unspecified atom stereocenters. The summed E-state index contributed by atoms with van der Waals surface area (Å²) in [5.41, 5.74) is 1.11. The summed E-state index contributed by atoms with van der Waals surface area (Å²) in [5, 5.41) is 3.18. The Morgan fingerprint density at radius 2 is 2.00 bits per heavy atom. The second-order valence-corrected chi connectivity index (χ2v) is 9.34. The first kappa shape index (κ1) is 19.5. The van der Waals surface area contributed by atoms with E-state index in [-0.39, 0.29) is 17.3 Å². The van der Waals surface area contributed by atoms with Crippen LogP contribution in [0.3, 0.4) is 0 Å². The summed E-state index contributed by atoms with van der Waals surface area (Å²) in [5.74, 6) is 0.250. The molecule has 2 aromatic heterocycles. The van der Waals surface area contributed by atoms with Gasteiger partial charge in [-0.05, 0) is 36.4 Å². The van der Waals surface area contributed by atoms with Gasteiger partial charge in [-0.25, -0.2) is 13.4 Å². The average molecular weight is 431 g/mol. The number of hydrogen-bond donors (Lipinski definition) is 1. The number of carbonyl (C=O) groups is 1. The highest BCUT2D eigenvalue weighted by Crippen LogP contribution is 2.31. The first-order chi connectivity index (χ1) is 14.0. The van der Waals surface area contributed by atoms with Crippen LogP contribution in [0.15, 0.2) is 53.6 Å². The molecule has 150 valence electrons. The molecule has 0 saturated heterocycles. The number of methoxy groups -OCH3 is 1. The van der Waals surface area contributed by atoms with Gasteiger partial charge in [-0.15, -0.1) is 11.3 Å². The lowest BCUT2D eigenvalue weighted by atomic mass is 10.2. The minimum absolute atomic E-state index is 0.218. The van der Waals surface area contributed by atoms with Gasteiger partial charge in [0.05, 0.1) is 24.2 Å². The van der Waals surface area contributed by atoms with Gasteiger partial charge < -0.3 is 4.74 Å². The lowest BCUT2D eigenvalue weighted by Crippen LogP contribution is -2.35. The third kappa shape index (κ3) is 4.00. The van der Waals surface area contributed by atoms with Gasteiger partial charge in [0.25, 0.3) is 5.91 Å². The van der Waals surface area contributed by atoms with E-state index in [2.05, 4.69) is 15.3 Å². The number of carbonyl (C=O) groups excluding carboxylic acids is 1. The Balaban J connectivity index is 1.50. The van der Waals surface area contributed by atoms with Crippen molar-refractivity contribution in [3.8, 4) is 5.75 Å². The van der Waals surface area contributed by atoms with Crippen molar-refractivity contribution >= 4 is 32.4 Å². The van der Waals surface area contributed by atoms with Crippen molar-refractivity contribution in [2.24, 2.45) is 0 Å². The Morgan fingerprint density at radius 1 is 1.21 bits per heavy atom. The molecule has 3 heterocycles. The summed E-state index contributed by atoms with van der Waals surface area (Å²) in [6.45, 7) is 0.555. The number of aromatic nitrogens is 2. The number of rotatable bonds is 5. The zero-order chi connectivity index (χ0) is 20.4. The number of pyridine rings is 1. The van der Waals surface area contributed by atoms with Gasteiger partial charge in [0.1, 0.15) is 11.4 Å². The lowest BCUT2D eigenvalue weighted by molar-refractivity contribution is 0.102. The molecule has 0 spiro atoms. The van der Waals surface area contributed by atoms with E-state index in [1.165, 1.54) is 34.9 Å². The normalized spacial score (nSPS) is 14.2. The quantitative estimate of drug-likeness (QED) is 0.668. The number of thiazole rings is 1. The van der Waals surface area contributed by atoms with E-state index >= 15 is 0 Å². The van der Waals surface area contributed by atoms with Crippen molar-refractivity contribution < 1.29 is 17.9 Å². The smallest absolute Gasteiger partial charge is 0.276 e. The number of nitrogens with zero attached hydrogens (tertiary/aromatic N) is 3. The lowest BCUT2D eigenvalue weighted by Gasteiger charge is -2.25. The summed E-state index contributed by atoms with van der Waals surface area (Å²) >= 11 is 1.28. The van der Waals surface area contributed by atoms with Gasteiger partial charge in [0.2, 0.25) is 10.0 Å². The second kappa shape index (κ2) is 7.90. The number of amides is 1. The summed E-state index contributed by atoms with van der Waals surface area (Å²) in [6.07, 6.45) is 2.03. The van der Waals surface area contributed by atoms with Crippen LogP contribution in [0.4, 0.5) is 5.13 Å². The van der Waals surface area contributed by atoms with E-state index in [0.717, 1.165) is 10.6 Å². The predicted octanol–water partition coefficient (Wildman–Crippen LogP) is 2.55. The summed E-state index contributed by atoms with van der Waals surface area (Å²) in [4.78, 5) is 21.8. The number of ether oxygens (including phenoxy) is 1. The van der Waals surface area contributed by atoms with Gasteiger partial charge in [-0.2, -0.15) is 4.31 Å². The van der Waals surface area contributed by atoms with Crippen LogP contribution >= 0.6 is 11.3 Å². The highest BCUT2D eigenvalue weighted by molar-refractivity contribution is 7.89. The molecule has 1 aromatic carbocycles. The number of anilines is 1. The number of fused-ring (bicyclic) bond motifs is 1. The van der Waals surface area contributed by atoms with Crippen LogP contribution in [0.25, 0.3) is 0 Å². The van der Waals surface area contributed by atoms with Gasteiger partial charge >= 0.3 is 0 Å². The summed E-state index contributed by atoms with van der Waals surface area (Å²) in [7, 11) is -2.10. The molecule has 0 aliphatic carbocycles. The Morgan fingerprint density at radius 3 is 2.69 bits per heavy atom. The first-order valence-corrected chi connectivity index (χ1v) is 11.1. The Bertz CT molecular complexity index is 1130. The first-order valence-electron chi connectivity index (χ1n) is 8.82. The van der Waals surface area contributed by atoms with Crippen molar-refractivity contribution in [1.29, 1.82) is 0 Å². The van der Waals surface area contributed by atoms with E-state index in [0.29, 0.717) is 29.5 Å². The molecule has 10 heteroatoms. The highest BCUT2D eigenvalue weighted by atomic mass is 32.2. The van der Waals surface area contributed by atoms with Crippen molar-refractivity contribution in [3.05, 3.63) is 64.9 Å². The zero-order valence-corrected chi connectivity index (χ0v) is 17.2. The third-order valence-electron chi connectivity index (χ3n) is 4.51. The zero-order valence-electron chi connectivity index (χ0n) is 15.5. The fraction of sp³-hybridized carbons (Fsp3) is 0.211. The van der Waals surface area contributed by atoms with E-state index in [9.17, 15) is 13.2 Å². The number of hydrogen-bond acceptors (Lipinski definition) is 7. The fourth-order valence-corrected chi connectivity index (χ4v) is 5.50. The van der Waals surface area contributed by atoms with Crippen molar-refractivity contribution in [3.63, 3.8) is 0 Å². The largest absolute Gasteiger partial charge is 0.497 e. The Labute approximate surface area is 172 Å². The molecule has 0 atom stereocenters. The van der Waals surface area contributed by atoms with Crippen LogP contribution in [-0.2, 0) is 23.0 Å². The molecule has 1 amide bonds. The van der Waals surface area contributed by atoms with Crippen LogP contribution < -0.4 is 10.1 Å². The van der Waals surface area contributed by atoms with Gasteiger partial charge in [-0.1, -0.05) is 6.07 Å². The maximum absolute atomic E-state index is 13.0. The second-order valence-electron chi connectivity index (χ2n) is 6.32. The maximum atomic E-state index is 13.0. The average Bonchev–Trinajstić information content (AvgIpc) is 3.15. The van der Waals surface area contributed by atoms with Crippen LogP contribution in [0.1, 0.15) is 21.1 Å². The van der Waals surface area contributed by atoms with Crippen LogP contribution in [0.2, 0.25) is 0 Å². The van der Waals surface area contributed by atoms with E-state index < -0.39 is 10.0 Å². The van der Waals surface area contributed by atoms with Crippen molar-refractivity contribution in [2.75, 3.05) is 19.0 Å². The Kier molecular flexibility index (Phi) is 5.31. The summed E-state index contributed by atoms with van der Waals surface area (Å²) in [6, 6.07) is 11.4. The predicted molar refractivity (Wildman–Crippen MR) is 109 cm³/mol. The minimum Gasteiger partial charge on any atom is -0.497 e. The van der Waals surface area contributed by atoms with Crippen LogP contribution in [0.5, 0.6) is 5.75 Å². The van der Waals surface area contributed by atoms with Crippen molar-refractivity contribution in [2.45, 2.75) is 17.9 Å².